The number of rotatable bonds is 2. The molecule has 0 aromatic carbocycles. The first-order valence-electron chi connectivity index (χ1n) is 7.80. The normalized spacial score (nSPS) is 44.0. The third kappa shape index (κ3) is 1.56. The second-order valence-electron chi connectivity index (χ2n) is 8.25. The van der Waals surface area contributed by atoms with Gasteiger partial charge in [-0.15, -0.1) is 0 Å². The van der Waals surface area contributed by atoms with Crippen molar-refractivity contribution in [3.8, 4) is 0 Å². The van der Waals surface area contributed by atoms with Crippen LogP contribution in [-0.2, 0) is 4.79 Å². The Labute approximate surface area is 123 Å². The van der Waals surface area contributed by atoms with Crippen LogP contribution in [0.2, 0.25) is 19.6 Å². The molecule has 20 heavy (non-hydrogen) atoms. The van der Waals surface area contributed by atoms with Crippen molar-refractivity contribution in [3.63, 3.8) is 0 Å². The number of carbonyl (C=O) groups excluding carboxylic acids is 1. The molecule has 1 N–H and O–H groups in total. The number of hydrogen-bond donors (Lipinski definition) is 1. The lowest BCUT2D eigenvalue weighted by Crippen LogP contribution is -2.56. The van der Waals surface area contributed by atoms with E-state index in [2.05, 4.69) is 38.6 Å². The fourth-order valence-corrected chi connectivity index (χ4v) is 7.64. The Kier molecular flexibility index (Phi) is 2.93. The van der Waals surface area contributed by atoms with Gasteiger partial charge in [0.1, 0.15) is 0 Å². The summed E-state index contributed by atoms with van der Waals surface area (Å²) in [4.78, 5) is 15.0. The number of likely N-dealkylation sites (N-methyl/N-ethyl adjacent to an activating group) is 1. The third-order valence-electron chi connectivity index (χ3n) is 6.02. The van der Waals surface area contributed by atoms with Crippen LogP contribution in [0.3, 0.4) is 0 Å². The van der Waals surface area contributed by atoms with E-state index in [1.807, 2.05) is 6.08 Å². The van der Waals surface area contributed by atoms with E-state index in [0.29, 0.717) is 5.92 Å². The molecule has 0 aromatic heterocycles. The van der Waals surface area contributed by atoms with Crippen LogP contribution in [0.1, 0.15) is 25.7 Å². The molecule has 4 heteroatoms. The van der Waals surface area contributed by atoms with Gasteiger partial charge >= 0.3 is 0 Å². The molecule has 2 saturated carbocycles. The molecule has 0 bridgehead atoms. The largest absolute Gasteiger partial charge is 0.389 e. The molecule has 112 valence electrons. The lowest BCUT2D eigenvalue weighted by atomic mass is 9.79. The maximum absolute atomic E-state index is 12.7. The van der Waals surface area contributed by atoms with Gasteiger partial charge in [-0.1, -0.05) is 31.3 Å². The fraction of sp³-hybridized carbons (Fsp3) is 0.812. The number of fused-ring (bicyclic) bond motifs is 3. The average molecular weight is 293 g/mol. The van der Waals surface area contributed by atoms with Gasteiger partial charge in [-0.2, -0.15) is 0 Å². The highest BCUT2D eigenvalue weighted by Crippen LogP contribution is 2.62. The van der Waals surface area contributed by atoms with Crippen molar-refractivity contribution in [2.24, 2.45) is 11.8 Å². The molecule has 0 saturated heterocycles. The van der Waals surface area contributed by atoms with Crippen molar-refractivity contribution in [2.45, 2.75) is 56.5 Å². The Balaban J connectivity index is 2.16. The molecule has 3 aliphatic carbocycles. The second-order valence-corrected chi connectivity index (χ2v) is 13.3. The van der Waals surface area contributed by atoms with E-state index in [1.54, 1.807) is 0 Å². The number of nitrogens with zero attached hydrogens (tertiary/aromatic N) is 1. The standard InChI is InChI=1S/C16H27NO2Si/c1-17(2)15-10-11-7-6-8-16(11,19)14(15)12(18)9-13(15)20(3,4)5/h9,11,14,19H,6-8,10H2,1-5H3/t11-,14+,15+,16+/m1/s1. The van der Waals surface area contributed by atoms with Gasteiger partial charge in [0, 0.05) is 0 Å². The molecule has 0 unspecified atom stereocenters. The number of allylic oxidation sites excluding steroid dienone is 1. The third-order valence-corrected chi connectivity index (χ3v) is 8.21. The molecule has 0 aromatic rings. The van der Waals surface area contributed by atoms with Gasteiger partial charge < -0.3 is 5.11 Å². The highest BCUT2D eigenvalue weighted by atomic mass is 28.3. The van der Waals surface area contributed by atoms with Crippen LogP contribution in [0.5, 0.6) is 0 Å². The van der Waals surface area contributed by atoms with Crippen molar-refractivity contribution < 1.29 is 9.90 Å². The summed E-state index contributed by atoms with van der Waals surface area (Å²) in [5, 5.41) is 12.6. The van der Waals surface area contributed by atoms with Crippen LogP contribution in [-0.4, -0.2) is 49.1 Å². The summed E-state index contributed by atoms with van der Waals surface area (Å²) in [6.45, 7) is 6.95. The van der Waals surface area contributed by atoms with Crippen molar-refractivity contribution >= 4 is 13.9 Å². The SMILES string of the molecule is CN(C)[C@]12C[C@H]3CCC[C@@]3(O)[C@H]1C(=O)C=C2[Si](C)(C)C. The minimum atomic E-state index is -1.58. The number of hydrogen-bond acceptors (Lipinski definition) is 3. The zero-order valence-electron chi connectivity index (χ0n) is 13.4. The van der Waals surface area contributed by atoms with Crippen molar-refractivity contribution in [1.82, 2.24) is 4.90 Å². The minimum absolute atomic E-state index is 0.183. The average Bonchev–Trinajstić information content (AvgIpc) is 2.85. The van der Waals surface area contributed by atoms with Crippen molar-refractivity contribution in [3.05, 3.63) is 11.3 Å². The van der Waals surface area contributed by atoms with Crippen LogP contribution in [0.15, 0.2) is 11.3 Å². The first-order valence-corrected chi connectivity index (χ1v) is 11.3. The Morgan fingerprint density at radius 2 is 2.00 bits per heavy atom. The summed E-state index contributed by atoms with van der Waals surface area (Å²) in [5.74, 6) is 0.265. The fourth-order valence-electron chi connectivity index (χ4n) is 5.30. The summed E-state index contributed by atoms with van der Waals surface area (Å²) in [6.07, 6.45) is 5.81. The van der Waals surface area contributed by atoms with E-state index >= 15 is 0 Å². The van der Waals surface area contributed by atoms with E-state index in [-0.39, 0.29) is 17.2 Å². The Hall–Kier alpha value is -0.453. The predicted octanol–water partition coefficient (Wildman–Crippen LogP) is 2.22. The van der Waals surface area contributed by atoms with Crippen LogP contribution in [0, 0.1) is 11.8 Å². The topological polar surface area (TPSA) is 40.5 Å². The monoisotopic (exact) mass is 293 g/mol. The maximum Gasteiger partial charge on any atom is 0.163 e. The molecule has 0 aliphatic heterocycles. The summed E-state index contributed by atoms with van der Waals surface area (Å²) in [7, 11) is 2.59. The number of carbonyl (C=O) groups is 1. The molecular weight excluding hydrogens is 266 g/mol. The van der Waals surface area contributed by atoms with Crippen LogP contribution in [0.25, 0.3) is 0 Å². The maximum atomic E-state index is 12.7. The van der Waals surface area contributed by atoms with Gasteiger partial charge in [-0.25, -0.2) is 0 Å². The summed E-state index contributed by atoms with van der Waals surface area (Å²) < 4.78 is 0. The Morgan fingerprint density at radius 1 is 1.35 bits per heavy atom. The zero-order valence-corrected chi connectivity index (χ0v) is 14.4. The smallest absolute Gasteiger partial charge is 0.163 e. The number of aliphatic hydroxyl groups is 1. The molecule has 3 nitrogen and oxygen atoms in total. The molecule has 0 spiro atoms. The molecule has 3 rings (SSSR count). The van der Waals surface area contributed by atoms with Gasteiger partial charge in [0.05, 0.1) is 25.1 Å². The van der Waals surface area contributed by atoms with Crippen molar-refractivity contribution in [1.29, 1.82) is 0 Å². The lowest BCUT2D eigenvalue weighted by molar-refractivity contribution is -0.129. The second kappa shape index (κ2) is 4.05. The van der Waals surface area contributed by atoms with Gasteiger partial charge in [0.2, 0.25) is 0 Å². The Morgan fingerprint density at radius 3 is 2.55 bits per heavy atom. The van der Waals surface area contributed by atoms with Gasteiger partial charge in [0.25, 0.3) is 0 Å². The highest BCUT2D eigenvalue weighted by Gasteiger charge is 2.70. The number of ketones is 1. The van der Waals surface area contributed by atoms with Gasteiger partial charge in [-0.3, -0.25) is 9.69 Å². The van der Waals surface area contributed by atoms with Crippen LogP contribution >= 0.6 is 0 Å². The Bertz CT molecular complexity index is 493. The molecule has 4 atom stereocenters. The summed E-state index contributed by atoms with van der Waals surface area (Å²) >= 11 is 0. The lowest BCUT2D eigenvalue weighted by Gasteiger charge is -2.45. The summed E-state index contributed by atoms with van der Waals surface area (Å²) in [6, 6.07) is 0. The van der Waals surface area contributed by atoms with Crippen molar-refractivity contribution in [2.75, 3.05) is 14.1 Å². The zero-order chi connectivity index (χ0) is 14.9. The summed E-state index contributed by atoms with van der Waals surface area (Å²) in [5.41, 5.74) is -0.958. The minimum Gasteiger partial charge on any atom is -0.389 e. The van der Waals surface area contributed by atoms with Gasteiger partial charge in [0.15, 0.2) is 5.78 Å². The van der Waals surface area contributed by atoms with E-state index in [0.717, 1.165) is 25.7 Å². The van der Waals surface area contributed by atoms with Crippen LogP contribution in [0.4, 0.5) is 0 Å². The van der Waals surface area contributed by atoms with Gasteiger partial charge in [-0.05, 0) is 45.4 Å². The first kappa shape index (κ1) is 14.5. The van der Waals surface area contributed by atoms with E-state index < -0.39 is 13.7 Å². The van der Waals surface area contributed by atoms with Crippen LogP contribution < -0.4 is 0 Å². The van der Waals surface area contributed by atoms with E-state index in [9.17, 15) is 9.90 Å². The quantitative estimate of drug-likeness (QED) is 0.794. The molecule has 0 heterocycles. The molecular formula is C16H27NO2Si. The molecule has 0 radical (unpaired) electrons. The van der Waals surface area contributed by atoms with E-state index in [4.69, 9.17) is 0 Å². The predicted molar refractivity (Wildman–Crippen MR) is 83.3 cm³/mol. The molecule has 0 amide bonds. The molecule has 2 fully saturated rings. The first-order chi connectivity index (χ1) is 9.14. The molecule has 3 aliphatic rings. The highest BCUT2D eigenvalue weighted by molar-refractivity contribution is 6.84. The van der Waals surface area contributed by atoms with E-state index in [1.165, 1.54) is 5.20 Å².